The highest BCUT2D eigenvalue weighted by atomic mass is 16.2. The fourth-order valence-corrected chi connectivity index (χ4v) is 6.03. The second-order valence-electron chi connectivity index (χ2n) is 9.98. The van der Waals surface area contributed by atoms with Crippen molar-refractivity contribution in [3.8, 4) is 0 Å². The number of amides is 2. The van der Waals surface area contributed by atoms with E-state index in [2.05, 4.69) is 52.6 Å². The van der Waals surface area contributed by atoms with E-state index in [0.29, 0.717) is 5.70 Å². The second kappa shape index (κ2) is 12.9. The van der Waals surface area contributed by atoms with Crippen LogP contribution in [-0.4, -0.2) is 56.5 Å². The highest BCUT2D eigenvalue weighted by Crippen LogP contribution is 2.50. The number of hydrogen-bond donors (Lipinski definition) is 3. The van der Waals surface area contributed by atoms with Gasteiger partial charge in [-0.25, -0.2) is 0 Å². The number of piperidine rings is 1. The van der Waals surface area contributed by atoms with Gasteiger partial charge in [-0.3, -0.25) is 9.59 Å². The summed E-state index contributed by atoms with van der Waals surface area (Å²) >= 11 is 0. The Balaban J connectivity index is 1.53. The Hall–Kier alpha value is -2.86. The first-order valence-corrected chi connectivity index (χ1v) is 13.4. The van der Waals surface area contributed by atoms with Gasteiger partial charge in [0.1, 0.15) is 0 Å². The summed E-state index contributed by atoms with van der Waals surface area (Å²) in [6.45, 7) is 11.1. The molecule has 1 heterocycles. The molecule has 0 radical (unpaired) electrons. The number of nitrogens with one attached hydrogen (secondary N) is 3. The molecule has 6 nitrogen and oxygen atoms in total. The molecular formula is C30H44N4O2. The minimum absolute atomic E-state index is 0.0166. The van der Waals surface area contributed by atoms with Gasteiger partial charge in [0.25, 0.3) is 5.91 Å². The Kier molecular flexibility index (Phi) is 9.94. The van der Waals surface area contributed by atoms with E-state index in [4.69, 9.17) is 0 Å². The van der Waals surface area contributed by atoms with Gasteiger partial charge in [0.05, 0.1) is 11.1 Å². The van der Waals surface area contributed by atoms with E-state index < -0.39 is 5.41 Å². The number of carbonyl (C=O) groups excluding carboxylic acids is 2. The van der Waals surface area contributed by atoms with Gasteiger partial charge in [0.2, 0.25) is 5.91 Å². The van der Waals surface area contributed by atoms with Crippen molar-refractivity contribution in [2.45, 2.75) is 70.3 Å². The third-order valence-corrected chi connectivity index (χ3v) is 7.97. The first kappa shape index (κ1) is 27.7. The molecule has 0 aromatic heterocycles. The van der Waals surface area contributed by atoms with Gasteiger partial charge in [-0.15, -0.1) is 6.58 Å². The van der Waals surface area contributed by atoms with Crippen LogP contribution in [0.3, 0.4) is 0 Å². The maximum absolute atomic E-state index is 13.4. The lowest BCUT2D eigenvalue weighted by atomic mass is 9.71. The standard InChI is InChI=1S/C30H44N4O2/c1-6-13-25-22(3)24-14-9-10-15-26(24)30(25,29(36)32-5)18-11-8-12-19-34-20-16-23(17-21-34)33-28(35)27(7-2)31-4/h6-7,9-10,14-15,23,31H,1,8,11-13,16-21H2,2-5H3,(H,32,36)(H,33,35)/b27-7-. The first-order chi connectivity index (χ1) is 17.4. The summed E-state index contributed by atoms with van der Waals surface area (Å²) in [5.74, 6) is 0.0733. The van der Waals surface area contributed by atoms with Crippen molar-refractivity contribution in [2.24, 2.45) is 0 Å². The van der Waals surface area contributed by atoms with Gasteiger partial charge in [0, 0.05) is 33.2 Å². The molecule has 0 bridgehead atoms. The van der Waals surface area contributed by atoms with Gasteiger partial charge >= 0.3 is 0 Å². The fraction of sp³-hybridized carbons (Fsp3) is 0.533. The predicted octanol–water partition coefficient (Wildman–Crippen LogP) is 4.30. The highest BCUT2D eigenvalue weighted by Gasteiger charge is 2.48. The molecule has 3 N–H and O–H groups in total. The molecule has 3 rings (SSSR count). The molecule has 1 fully saturated rings. The van der Waals surface area contributed by atoms with Crippen molar-refractivity contribution in [1.82, 2.24) is 20.9 Å². The SMILES string of the molecule is C=CCC1=C(C)c2ccccc2C1(CCCCCN1CCC(NC(=O)/C(=C/C)NC)CC1)C(=O)NC. The van der Waals surface area contributed by atoms with Crippen LogP contribution >= 0.6 is 0 Å². The van der Waals surface area contributed by atoms with Crippen LogP contribution in [0.25, 0.3) is 5.57 Å². The van der Waals surface area contributed by atoms with E-state index in [1.54, 1.807) is 20.2 Å². The Morgan fingerprint density at radius 3 is 2.47 bits per heavy atom. The summed E-state index contributed by atoms with van der Waals surface area (Å²) < 4.78 is 0. The molecule has 1 saturated heterocycles. The zero-order valence-corrected chi connectivity index (χ0v) is 22.6. The maximum Gasteiger partial charge on any atom is 0.267 e. The quantitative estimate of drug-likeness (QED) is 0.231. The molecule has 0 saturated carbocycles. The van der Waals surface area contributed by atoms with E-state index in [1.807, 2.05) is 19.1 Å². The summed E-state index contributed by atoms with van der Waals surface area (Å²) in [5.41, 5.74) is 4.78. The molecule has 1 aliphatic heterocycles. The molecule has 1 unspecified atom stereocenters. The molecular weight excluding hydrogens is 448 g/mol. The zero-order valence-electron chi connectivity index (χ0n) is 22.6. The average Bonchev–Trinajstić information content (AvgIpc) is 3.13. The van der Waals surface area contributed by atoms with Crippen LogP contribution in [0.1, 0.15) is 69.9 Å². The third-order valence-electron chi connectivity index (χ3n) is 7.97. The number of likely N-dealkylation sites (N-methyl/N-ethyl adjacent to an activating group) is 2. The van der Waals surface area contributed by atoms with Crippen molar-refractivity contribution in [3.05, 3.63) is 65.4 Å². The summed E-state index contributed by atoms with van der Waals surface area (Å²) in [6, 6.07) is 8.61. The van der Waals surface area contributed by atoms with Crippen molar-refractivity contribution >= 4 is 17.4 Å². The molecule has 1 aromatic carbocycles. The number of benzene rings is 1. The van der Waals surface area contributed by atoms with Gasteiger partial charge in [-0.2, -0.15) is 0 Å². The number of unbranched alkanes of at least 4 members (excludes halogenated alkanes) is 2. The lowest BCUT2D eigenvalue weighted by Crippen LogP contribution is -2.46. The summed E-state index contributed by atoms with van der Waals surface area (Å²) in [5, 5.41) is 9.07. The van der Waals surface area contributed by atoms with E-state index in [9.17, 15) is 9.59 Å². The number of allylic oxidation sites excluding steroid dienone is 3. The van der Waals surface area contributed by atoms with Crippen LogP contribution in [0.2, 0.25) is 0 Å². The molecule has 1 aromatic rings. The van der Waals surface area contributed by atoms with Gasteiger partial charge in [-0.1, -0.05) is 49.3 Å². The van der Waals surface area contributed by atoms with E-state index in [1.165, 1.54) is 16.7 Å². The first-order valence-electron chi connectivity index (χ1n) is 13.4. The van der Waals surface area contributed by atoms with Crippen LogP contribution in [-0.2, 0) is 15.0 Å². The number of rotatable bonds is 12. The van der Waals surface area contributed by atoms with Gasteiger partial charge < -0.3 is 20.9 Å². The molecule has 1 atom stereocenters. The van der Waals surface area contributed by atoms with Crippen LogP contribution < -0.4 is 16.0 Å². The minimum Gasteiger partial charge on any atom is -0.384 e. The normalized spacial score (nSPS) is 20.7. The molecule has 2 amide bonds. The van der Waals surface area contributed by atoms with Gasteiger partial charge in [-0.05, 0) is 74.8 Å². The Bertz CT molecular complexity index is 1000. The Morgan fingerprint density at radius 1 is 1.11 bits per heavy atom. The van der Waals surface area contributed by atoms with Crippen molar-refractivity contribution < 1.29 is 9.59 Å². The maximum atomic E-state index is 13.4. The number of nitrogens with zero attached hydrogens (tertiary/aromatic N) is 1. The zero-order chi connectivity index (χ0) is 26.1. The topological polar surface area (TPSA) is 73.5 Å². The number of carbonyl (C=O) groups is 2. The van der Waals surface area contributed by atoms with Gasteiger partial charge in [0.15, 0.2) is 0 Å². The largest absolute Gasteiger partial charge is 0.384 e. The molecule has 0 spiro atoms. The second-order valence-corrected chi connectivity index (χ2v) is 9.98. The van der Waals surface area contributed by atoms with E-state index in [-0.39, 0.29) is 17.9 Å². The van der Waals surface area contributed by atoms with Crippen LogP contribution in [0, 0.1) is 0 Å². The number of hydrogen-bond acceptors (Lipinski definition) is 4. The molecule has 1 aliphatic carbocycles. The molecule has 36 heavy (non-hydrogen) atoms. The van der Waals surface area contributed by atoms with Crippen molar-refractivity contribution in [1.29, 1.82) is 0 Å². The van der Waals surface area contributed by atoms with E-state index in [0.717, 1.165) is 70.1 Å². The van der Waals surface area contributed by atoms with Crippen LogP contribution in [0.15, 0.2) is 54.3 Å². The van der Waals surface area contributed by atoms with Crippen LogP contribution in [0.4, 0.5) is 0 Å². The molecule has 6 heteroatoms. The lowest BCUT2D eigenvalue weighted by molar-refractivity contribution is -0.125. The average molecular weight is 493 g/mol. The Morgan fingerprint density at radius 2 is 1.83 bits per heavy atom. The van der Waals surface area contributed by atoms with Crippen molar-refractivity contribution in [2.75, 3.05) is 33.7 Å². The predicted molar refractivity (Wildman–Crippen MR) is 148 cm³/mol. The van der Waals surface area contributed by atoms with E-state index >= 15 is 0 Å². The minimum atomic E-state index is -0.598. The molecule has 2 aliphatic rings. The highest BCUT2D eigenvalue weighted by molar-refractivity contribution is 5.99. The summed E-state index contributed by atoms with van der Waals surface area (Å²) in [4.78, 5) is 28.2. The number of likely N-dealkylation sites (tertiary alicyclic amines) is 1. The summed E-state index contributed by atoms with van der Waals surface area (Å²) in [7, 11) is 3.52. The molecule has 196 valence electrons. The van der Waals surface area contributed by atoms with Crippen LogP contribution in [0.5, 0.6) is 0 Å². The summed E-state index contributed by atoms with van der Waals surface area (Å²) in [6.07, 6.45) is 10.4. The fourth-order valence-electron chi connectivity index (χ4n) is 6.03. The smallest absolute Gasteiger partial charge is 0.267 e. The number of fused-ring (bicyclic) bond motifs is 1. The Labute approximate surface area is 217 Å². The monoisotopic (exact) mass is 492 g/mol. The lowest BCUT2D eigenvalue weighted by Gasteiger charge is -2.33. The third kappa shape index (κ3) is 5.75. The van der Waals surface area contributed by atoms with Crippen molar-refractivity contribution in [3.63, 3.8) is 0 Å².